The molecule has 0 saturated carbocycles. The smallest absolute Gasteiger partial charge is 0.332 e. The summed E-state index contributed by atoms with van der Waals surface area (Å²) in [4.78, 5) is 52.9. The van der Waals surface area contributed by atoms with Crippen LogP contribution in [0.4, 0.5) is 0 Å². The Kier molecular flexibility index (Phi) is 5.39. The first-order valence-corrected chi connectivity index (χ1v) is 8.87. The highest BCUT2D eigenvalue weighted by molar-refractivity contribution is 5.78. The molecule has 29 heavy (non-hydrogen) atoms. The van der Waals surface area contributed by atoms with Gasteiger partial charge >= 0.3 is 5.69 Å². The molecule has 1 N–H and O–H groups in total. The average Bonchev–Trinajstić information content (AvgIpc) is 3.10. The van der Waals surface area contributed by atoms with Crippen molar-refractivity contribution < 1.29 is 9.53 Å². The average molecular weight is 402 g/mol. The highest BCUT2D eigenvalue weighted by atomic mass is 16.5. The minimum atomic E-state index is -0.520. The Bertz CT molecular complexity index is 1260. The first kappa shape index (κ1) is 20.1. The van der Waals surface area contributed by atoms with Crippen LogP contribution in [0.5, 0.6) is 5.75 Å². The van der Waals surface area contributed by atoms with E-state index in [2.05, 4.69) is 10.3 Å². The zero-order valence-electron chi connectivity index (χ0n) is 16.6. The van der Waals surface area contributed by atoms with Gasteiger partial charge in [0, 0.05) is 38.9 Å². The molecule has 0 spiro atoms. The van der Waals surface area contributed by atoms with Gasteiger partial charge in [0.1, 0.15) is 12.3 Å². The van der Waals surface area contributed by atoms with Crippen LogP contribution in [0.25, 0.3) is 11.2 Å². The number of amides is 1. The van der Waals surface area contributed by atoms with Gasteiger partial charge in [-0.15, -0.1) is 0 Å². The Morgan fingerprint density at radius 1 is 1.17 bits per heavy atom. The Balaban J connectivity index is 1.72. The molecule has 11 nitrogen and oxygen atoms in total. The summed E-state index contributed by atoms with van der Waals surface area (Å²) in [5, 5.41) is 2.72. The van der Waals surface area contributed by atoms with Crippen molar-refractivity contribution in [1.29, 1.82) is 0 Å². The maximum absolute atomic E-state index is 12.4. The number of nitrogens with zero attached hydrogens (tertiary/aromatic N) is 5. The van der Waals surface area contributed by atoms with E-state index in [1.165, 1.54) is 47.3 Å². The van der Waals surface area contributed by atoms with Crippen molar-refractivity contribution >= 4 is 17.1 Å². The van der Waals surface area contributed by atoms with E-state index < -0.39 is 11.2 Å². The zero-order chi connectivity index (χ0) is 21.3. The molecule has 0 aromatic carbocycles. The minimum absolute atomic E-state index is 0.138. The Morgan fingerprint density at radius 3 is 2.55 bits per heavy atom. The number of aryl methyl sites for hydroxylation is 2. The van der Waals surface area contributed by atoms with Gasteiger partial charge in [-0.2, -0.15) is 0 Å². The number of pyridine rings is 1. The van der Waals surface area contributed by atoms with Crippen LogP contribution in [0.15, 0.2) is 32.8 Å². The summed E-state index contributed by atoms with van der Waals surface area (Å²) in [7, 11) is 4.37. The number of carbonyl (C=O) groups excluding carboxylic acids is 1. The van der Waals surface area contributed by atoms with E-state index in [1.54, 1.807) is 13.0 Å². The Morgan fingerprint density at radius 2 is 1.90 bits per heavy atom. The lowest BCUT2D eigenvalue weighted by Crippen LogP contribution is -2.38. The first-order valence-electron chi connectivity index (χ1n) is 8.87. The van der Waals surface area contributed by atoms with Gasteiger partial charge in [0.25, 0.3) is 11.1 Å². The molecule has 1 amide bonds. The van der Waals surface area contributed by atoms with Gasteiger partial charge < -0.3 is 19.2 Å². The largest absolute Gasteiger partial charge is 0.496 e. The minimum Gasteiger partial charge on any atom is -0.496 e. The summed E-state index contributed by atoms with van der Waals surface area (Å²) >= 11 is 0. The Hall–Kier alpha value is -3.63. The van der Waals surface area contributed by atoms with E-state index in [1.807, 2.05) is 0 Å². The molecule has 0 aliphatic rings. The lowest BCUT2D eigenvalue weighted by atomic mass is 10.3. The summed E-state index contributed by atoms with van der Waals surface area (Å²) in [5.74, 6) is 0.134. The summed E-state index contributed by atoms with van der Waals surface area (Å²) in [6.45, 7) is 2.17. The number of aromatic nitrogens is 5. The van der Waals surface area contributed by atoms with Gasteiger partial charge in [-0.25, -0.2) is 9.78 Å². The molecule has 0 unspecified atom stereocenters. The van der Waals surface area contributed by atoms with Gasteiger partial charge in [0.15, 0.2) is 11.2 Å². The highest BCUT2D eigenvalue weighted by Gasteiger charge is 2.16. The number of rotatable bonds is 6. The lowest BCUT2D eigenvalue weighted by Gasteiger charge is -2.12. The topological polar surface area (TPSA) is 122 Å². The second kappa shape index (κ2) is 7.78. The molecular weight excluding hydrogens is 380 g/mol. The molecule has 0 atom stereocenters. The van der Waals surface area contributed by atoms with Crippen molar-refractivity contribution in [3.05, 3.63) is 55.3 Å². The number of nitrogens with one attached hydrogen (secondary N) is 1. The van der Waals surface area contributed by atoms with Crippen LogP contribution in [-0.2, 0) is 32.0 Å². The monoisotopic (exact) mass is 402 g/mol. The predicted molar refractivity (Wildman–Crippen MR) is 105 cm³/mol. The summed E-state index contributed by atoms with van der Waals surface area (Å²) in [6, 6.07) is 3.12. The maximum atomic E-state index is 12.4. The quantitative estimate of drug-likeness (QED) is 0.549. The molecule has 3 aromatic rings. The van der Waals surface area contributed by atoms with E-state index in [4.69, 9.17) is 4.74 Å². The van der Waals surface area contributed by atoms with E-state index in [0.717, 1.165) is 4.57 Å². The second-order valence-corrected chi connectivity index (χ2v) is 6.63. The van der Waals surface area contributed by atoms with Crippen LogP contribution in [0.2, 0.25) is 0 Å². The SMILES string of the molecule is COc1cc(C)n(CCNC(=O)Cn2cnc3c2c(=O)n(C)c(=O)n3C)c(=O)c1. The molecule has 0 aliphatic heterocycles. The molecule has 0 fully saturated rings. The second-order valence-electron chi connectivity index (χ2n) is 6.63. The van der Waals surface area contributed by atoms with Gasteiger partial charge in [-0.05, 0) is 13.0 Å². The van der Waals surface area contributed by atoms with Crippen molar-refractivity contribution in [1.82, 2.24) is 28.6 Å². The van der Waals surface area contributed by atoms with Crippen molar-refractivity contribution in [3.8, 4) is 5.75 Å². The molecule has 0 radical (unpaired) electrons. The summed E-state index contributed by atoms with van der Waals surface area (Å²) < 4.78 is 10.2. The van der Waals surface area contributed by atoms with Gasteiger partial charge in [0.2, 0.25) is 5.91 Å². The zero-order valence-corrected chi connectivity index (χ0v) is 16.6. The molecule has 11 heteroatoms. The number of carbonyl (C=O) groups is 1. The van der Waals surface area contributed by atoms with Gasteiger partial charge in [-0.3, -0.25) is 23.5 Å². The molecule has 3 heterocycles. The van der Waals surface area contributed by atoms with Crippen LogP contribution in [-0.4, -0.2) is 42.8 Å². The number of ether oxygens (including phenoxy) is 1. The molecule has 3 rings (SSSR count). The predicted octanol–water partition coefficient (Wildman–Crippen LogP) is -1.27. The number of fused-ring (bicyclic) bond motifs is 1. The fourth-order valence-electron chi connectivity index (χ4n) is 3.14. The Labute approximate surface area is 164 Å². The number of hydrogen-bond donors (Lipinski definition) is 1. The number of imidazole rings is 1. The third kappa shape index (κ3) is 3.71. The third-order valence-electron chi connectivity index (χ3n) is 4.73. The molecule has 0 saturated heterocycles. The molecule has 0 aliphatic carbocycles. The van der Waals surface area contributed by atoms with Gasteiger partial charge in [0.05, 0.1) is 13.4 Å². The van der Waals surface area contributed by atoms with Crippen molar-refractivity contribution in [2.24, 2.45) is 14.1 Å². The molecule has 3 aromatic heterocycles. The van der Waals surface area contributed by atoms with Crippen molar-refractivity contribution in [2.45, 2.75) is 20.0 Å². The molecule has 0 bridgehead atoms. The van der Waals surface area contributed by atoms with Crippen molar-refractivity contribution in [3.63, 3.8) is 0 Å². The van der Waals surface area contributed by atoms with Crippen LogP contribution in [0.3, 0.4) is 0 Å². The van der Waals surface area contributed by atoms with Gasteiger partial charge in [-0.1, -0.05) is 0 Å². The fourth-order valence-corrected chi connectivity index (χ4v) is 3.14. The van der Waals surface area contributed by atoms with Crippen LogP contribution in [0, 0.1) is 6.92 Å². The summed E-state index contributed by atoms with van der Waals surface area (Å²) in [6.07, 6.45) is 1.35. The number of hydrogen-bond acceptors (Lipinski definition) is 6. The van der Waals surface area contributed by atoms with Crippen LogP contribution < -0.4 is 26.9 Å². The fraction of sp³-hybridized carbons (Fsp3) is 0.389. The van der Waals surface area contributed by atoms with Crippen LogP contribution >= 0.6 is 0 Å². The maximum Gasteiger partial charge on any atom is 0.332 e. The molecular formula is C18H22N6O5. The lowest BCUT2D eigenvalue weighted by molar-refractivity contribution is -0.121. The number of methoxy groups -OCH3 is 1. The summed E-state index contributed by atoms with van der Waals surface area (Å²) in [5.41, 5.74) is -0.126. The van der Waals surface area contributed by atoms with E-state index >= 15 is 0 Å². The highest BCUT2D eigenvalue weighted by Crippen LogP contribution is 2.08. The van der Waals surface area contributed by atoms with E-state index in [9.17, 15) is 19.2 Å². The van der Waals surface area contributed by atoms with Crippen molar-refractivity contribution in [2.75, 3.05) is 13.7 Å². The van der Waals surface area contributed by atoms with Crippen LogP contribution in [0.1, 0.15) is 5.69 Å². The molecule has 154 valence electrons. The van der Waals surface area contributed by atoms with E-state index in [0.29, 0.717) is 18.0 Å². The standard InChI is InChI=1S/C18H22N6O5/c1-11-7-12(29-4)8-14(26)24(11)6-5-19-13(25)9-23-10-20-16-15(23)17(27)22(3)18(28)21(16)2/h7-8,10H,5-6,9H2,1-4H3,(H,19,25). The first-order chi connectivity index (χ1) is 13.7. The third-order valence-corrected chi connectivity index (χ3v) is 4.73. The normalized spacial score (nSPS) is 11.0. The van der Waals surface area contributed by atoms with E-state index in [-0.39, 0.29) is 35.7 Å².